The van der Waals surface area contributed by atoms with Crippen LogP contribution in [0.3, 0.4) is 0 Å². The lowest BCUT2D eigenvalue weighted by Crippen LogP contribution is -2.33. The number of hydrogen-bond acceptors (Lipinski definition) is 1. The van der Waals surface area contributed by atoms with Crippen molar-refractivity contribution in [3.8, 4) is 0 Å². The molecule has 0 saturated carbocycles. The van der Waals surface area contributed by atoms with E-state index in [1.807, 2.05) is 13.0 Å². The van der Waals surface area contributed by atoms with E-state index >= 15 is 0 Å². The highest BCUT2D eigenvalue weighted by Crippen LogP contribution is 2.23. The van der Waals surface area contributed by atoms with E-state index in [0.29, 0.717) is 6.54 Å². The van der Waals surface area contributed by atoms with Gasteiger partial charge in [-0.1, -0.05) is 6.07 Å². The van der Waals surface area contributed by atoms with E-state index in [9.17, 15) is 4.79 Å². The van der Waals surface area contributed by atoms with Gasteiger partial charge < -0.3 is 10.6 Å². The van der Waals surface area contributed by atoms with Gasteiger partial charge >= 0.3 is 6.03 Å². The van der Waals surface area contributed by atoms with Crippen LogP contribution in [0.1, 0.15) is 16.7 Å². The van der Waals surface area contributed by atoms with Crippen molar-refractivity contribution < 1.29 is 4.79 Å². The van der Waals surface area contributed by atoms with Crippen molar-refractivity contribution in [3.05, 3.63) is 28.8 Å². The maximum Gasteiger partial charge on any atom is 0.319 e. The van der Waals surface area contributed by atoms with Gasteiger partial charge in [0, 0.05) is 12.2 Å². The Morgan fingerprint density at radius 1 is 1.31 bits per heavy atom. The summed E-state index contributed by atoms with van der Waals surface area (Å²) < 4.78 is 0. The number of urea groups is 1. The molecule has 1 aliphatic rings. The molecular weight excluding hydrogens is 164 g/mol. The van der Waals surface area contributed by atoms with Crippen LogP contribution < -0.4 is 10.6 Å². The fourth-order valence-electron chi connectivity index (χ4n) is 1.68. The molecule has 0 spiro atoms. The third-order valence-corrected chi connectivity index (χ3v) is 2.29. The highest BCUT2D eigenvalue weighted by Gasteiger charge is 2.15. The predicted molar refractivity (Wildman–Crippen MR) is 51.8 cm³/mol. The number of benzene rings is 1. The Labute approximate surface area is 77.1 Å². The molecule has 0 atom stereocenters. The Morgan fingerprint density at radius 3 is 2.85 bits per heavy atom. The molecule has 2 amide bonds. The van der Waals surface area contributed by atoms with Gasteiger partial charge in [0.1, 0.15) is 0 Å². The van der Waals surface area contributed by atoms with E-state index in [4.69, 9.17) is 0 Å². The number of carbonyl (C=O) groups excluding carboxylic acids is 1. The normalized spacial score (nSPS) is 14.5. The van der Waals surface area contributed by atoms with Crippen LogP contribution in [0.15, 0.2) is 12.1 Å². The van der Waals surface area contributed by atoms with Crippen LogP contribution in [0.2, 0.25) is 0 Å². The average molecular weight is 176 g/mol. The quantitative estimate of drug-likeness (QED) is 0.623. The van der Waals surface area contributed by atoms with Gasteiger partial charge in [0.05, 0.1) is 0 Å². The minimum Gasteiger partial charge on any atom is -0.334 e. The van der Waals surface area contributed by atoms with E-state index < -0.39 is 0 Å². The van der Waals surface area contributed by atoms with Gasteiger partial charge in [-0.25, -0.2) is 4.79 Å². The monoisotopic (exact) mass is 176 g/mol. The topological polar surface area (TPSA) is 41.1 Å². The zero-order valence-electron chi connectivity index (χ0n) is 7.77. The van der Waals surface area contributed by atoms with Gasteiger partial charge in [-0.2, -0.15) is 0 Å². The largest absolute Gasteiger partial charge is 0.334 e. The summed E-state index contributed by atoms with van der Waals surface area (Å²) in [5, 5.41) is 5.54. The van der Waals surface area contributed by atoms with Gasteiger partial charge in [-0.05, 0) is 36.6 Å². The molecule has 13 heavy (non-hydrogen) atoms. The summed E-state index contributed by atoms with van der Waals surface area (Å²) in [6.45, 7) is 4.72. The van der Waals surface area contributed by atoms with Crippen LogP contribution in [0.4, 0.5) is 10.5 Å². The number of hydrogen-bond donors (Lipinski definition) is 2. The minimum atomic E-state index is -0.113. The van der Waals surface area contributed by atoms with E-state index in [2.05, 4.69) is 23.6 Å². The van der Waals surface area contributed by atoms with Crippen molar-refractivity contribution in [3.63, 3.8) is 0 Å². The highest BCUT2D eigenvalue weighted by molar-refractivity contribution is 5.92. The third kappa shape index (κ3) is 1.37. The third-order valence-electron chi connectivity index (χ3n) is 2.29. The zero-order chi connectivity index (χ0) is 9.42. The Hall–Kier alpha value is -1.51. The van der Waals surface area contributed by atoms with Crippen molar-refractivity contribution in [2.45, 2.75) is 20.4 Å². The Bertz CT molecular complexity index is 371. The first-order valence-electron chi connectivity index (χ1n) is 4.32. The van der Waals surface area contributed by atoms with Gasteiger partial charge in [-0.3, -0.25) is 0 Å². The van der Waals surface area contributed by atoms with E-state index in [1.165, 1.54) is 16.7 Å². The molecule has 0 aromatic heterocycles. The van der Waals surface area contributed by atoms with E-state index in [0.717, 1.165) is 5.69 Å². The van der Waals surface area contributed by atoms with E-state index in [-0.39, 0.29) is 6.03 Å². The van der Waals surface area contributed by atoms with Gasteiger partial charge in [0.2, 0.25) is 0 Å². The molecule has 0 bridgehead atoms. The van der Waals surface area contributed by atoms with Gasteiger partial charge in [0.15, 0.2) is 0 Å². The maximum atomic E-state index is 11.0. The van der Waals surface area contributed by atoms with Gasteiger partial charge in [0.25, 0.3) is 0 Å². The summed E-state index contributed by atoms with van der Waals surface area (Å²) in [4.78, 5) is 11.0. The lowest BCUT2D eigenvalue weighted by Gasteiger charge is -2.20. The summed E-state index contributed by atoms with van der Waals surface area (Å²) in [6.07, 6.45) is 0. The molecule has 0 aliphatic carbocycles. The summed E-state index contributed by atoms with van der Waals surface area (Å²) in [5.74, 6) is 0. The Kier molecular flexibility index (Phi) is 1.72. The first kappa shape index (κ1) is 8.10. The van der Waals surface area contributed by atoms with Crippen LogP contribution in [0.25, 0.3) is 0 Å². The molecule has 2 N–H and O–H groups in total. The summed E-state index contributed by atoms with van der Waals surface area (Å²) in [7, 11) is 0. The second kappa shape index (κ2) is 2.76. The van der Waals surface area contributed by atoms with Crippen molar-refractivity contribution in [2.24, 2.45) is 0 Å². The molecule has 1 heterocycles. The number of fused-ring (bicyclic) bond motifs is 1. The first-order chi connectivity index (χ1) is 6.16. The number of amides is 2. The summed E-state index contributed by atoms with van der Waals surface area (Å²) in [5.41, 5.74) is 4.53. The molecule has 1 aromatic rings. The zero-order valence-corrected chi connectivity index (χ0v) is 7.77. The van der Waals surface area contributed by atoms with Crippen LogP contribution >= 0.6 is 0 Å². The SMILES string of the molecule is Cc1cc(C)c2c(c1)NC(=O)NC2. The summed E-state index contributed by atoms with van der Waals surface area (Å²) in [6, 6.07) is 4.01. The molecule has 0 fully saturated rings. The Morgan fingerprint density at radius 2 is 2.08 bits per heavy atom. The predicted octanol–water partition coefficient (Wildman–Crippen LogP) is 1.94. The van der Waals surface area contributed by atoms with Crippen LogP contribution in [0.5, 0.6) is 0 Å². The maximum absolute atomic E-state index is 11.0. The molecule has 0 radical (unpaired) electrons. The molecule has 3 nitrogen and oxygen atoms in total. The standard InChI is InChI=1S/C10H12N2O/c1-6-3-7(2)8-5-11-10(13)12-9(8)4-6/h3-4H,5H2,1-2H3,(H2,11,12,13). The molecule has 68 valence electrons. The number of nitrogens with one attached hydrogen (secondary N) is 2. The second-order valence-electron chi connectivity index (χ2n) is 3.42. The van der Waals surface area contributed by atoms with Crippen molar-refractivity contribution >= 4 is 11.7 Å². The minimum absolute atomic E-state index is 0.113. The van der Waals surface area contributed by atoms with E-state index in [1.54, 1.807) is 0 Å². The van der Waals surface area contributed by atoms with Crippen LogP contribution in [-0.2, 0) is 6.54 Å². The van der Waals surface area contributed by atoms with Crippen LogP contribution in [0, 0.1) is 13.8 Å². The molecular formula is C10H12N2O. The second-order valence-corrected chi connectivity index (χ2v) is 3.42. The van der Waals surface area contributed by atoms with Crippen molar-refractivity contribution in [2.75, 3.05) is 5.32 Å². The van der Waals surface area contributed by atoms with Crippen molar-refractivity contribution in [1.82, 2.24) is 5.32 Å². The molecule has 3 heteroatoms. The number of carbonyl (C=O) groups is 1. The average Bonchev–Trinajstić information content (AvgIpc) is 2.02. The molecule has 1 aromatic carbocycles. The van der Waals surface area contributed by atoms with Crippen molar-refractivity contribution in [1.29, 1.82) is 0 Å². The fraction of sp³-hybridized carbons (Fsp3) is 0.300. The summed E-state index contributed by atoms with van der Waals surface area (Å²) >= 11 is 0. The lowest BCUT2D eigenvalue weighted by molar-refractivity contribution is 0.251. The van der Waals surface area contributed by atoms with Gasteiger partial charge in [-0.15, -0.1) is 0 Å². The highest BCUT2D eigenvalue weighted by atomic mass is 16.2. The number of anilines is 1. The molecule has 0 saturated heterocycles. The molecule has 0 unspecified atom stereocenters. The lowest BCUT2D eigenvalue weighted by atomic mass is 10.0. The van der Waals surface area contributed by atoms with Crippen LogP contribution in [-0.4, -0.2) is 6.03 Å². The fourth-order valence-corrected chi connectivity index (χ4v) is 1.68. The number of rotatable bonds is 0. The smallest absolute Gasteiger partial charge is 0.319 e. The first-order valence-corrected chi connectivity index (χ1v) is 4.32. The molecule has 1 aliphatic heterocycles. The number of aryl methyl sites for hydroxylation is 2. The molecule has 2 rings (SSSR count). The Balaban J connectivity index is 2.53.